The molecule has 0 saturated carbocycles. The number of hydrogen-bond donors (Lipinski definition) is 2. The fourth-order valence-corrected chi connectivity index (χ4v) is 2.34. The van der Waals surface area contributed by atoms with E-state index < -0.39 is 6.10 Å². The van der Waals surface area contributed by atoms with Gasteiger partial charge in [-0.3, -0.25) is 4.79 Å². The van der Waals surface area contributed by atoms with Gasteiger partial charge in [-0.05, 0) is 43.5 Å². The second-order valence-electron chi connectivity index (χ2n) is 5.40. The molecule has 0 aromatic heterocycles. The van der Waals surface area contributed by atoms with Crippen LogP contribution in [0, 0.1) is 20.8 Å². The molecule has 0 saturated heterocycles. The summed E-state index contributed by atoms with van der Waals surface area (Å²) in [6, 6.07) is 13.4. The highest BCUT2D eigenvalue weighted by molar-refractivity contribution is 5.95. The van der Waals surface area contributed by atoms with Crippen LogP contribution in [0.3, 0.4) is 0 Å². The summed E-state index contributed by atoms with van der Waals surface area (Å²) in [5.41, 5.74) is 4.51. The number of benzene rings is 2. The van der Waals surface area contributed by atoms with Crippen LogP contribution in [-0.4, -0.2) is 17.6 Å². The Kier molecular flexibility index (Phi) is 4.76. The van der Waals surface area contributed by atoms with E-state index in [4.69, 9.17) is 0 Å². The van der Waals surface area contributed by atoms with Crippen molar-refractivity contribution in [2.45, 2.75) is 26.9 Å². The summed E-state index contributed by atoms with van der Waals surface area (Å²) in [6.45, 7) is 6.02. The summed E-state index contributed by atoms with van der Waals surface area (Å²) in [5.74, 6) is -0.149. The van der Waals surface area contributed by atoms with Gasteiger partial charge in [0.2, 0.25) is 0 Å². The summed E-state index contributed by atoms with van der Waals surface area (Å²) in [5, 5.41) is 13.0. The molecular weight excluding hydrogens is 262 g/mol. The van der Waals surface area contributed by atoms with Crippen LogP contribution in [0.25, 0.3) is 0 Å². The van der Waals surface area contributed by atoms with Gasteiger partial charge in [-0.25, -0.2) is 0 Å². The molecule has 0 aliphatic rings. The van der Waals surface area contributed by atoms with Gasteiger partial charge in [0.1, 0.15) is 0 Å². The molecule has 0 spiro atoms. The Morgan fingerprint density at radius 2 is 1.81 bits per heavy atom. The maximum atomic E-state index is 12.2. The highest BCUT2D eigenvalue weighted by atomic mass is 16.3. The van der Waals surface area contributed by atoms with E-state index in [0.717, 1.165) is 22.3 Å². The zero-order valence-corrected chi connectivity index (χ0v) is 12.7. The average Bonchev–Trinajstić information content (AvgIpc) is 2.47. The molecule has 110 valence electrons. The molecule has 0 aliphatic carbocycles. The van der Waals surface area contributed by atoms with Crippen LogP contribution in [0.5, 0.6) is 0 Å². The number of carbonyl (C=O) groups is 1. The third-order valence-electron chi connectivity index (χ3n) is 3.64. The highest BCUT2D eigenvalue weighted by Gasteiger charge is 2.13. The first-order valence-corrected chi connectivity index (χ1v) is 7.08. The van der Waals surface area contributed by atoms with E-state index in [1.807, 2.05) is 63.2 Å². The van der Waals surface area contributed by atoms with Crippen molar-refractivity contribution in [3.05, 3.63) is 70.3 Å². The Hall–Kier alpha value is -2.13. The standard InChI is InChI=1S/C18H21NO2/c1-12-8-9-14(3)16(10-12)18(21)19-11-17(20)15-7-5-4-6-13(15)2/h4-10,17,20H,11H2,1-3H3,(H,19,21). The van der Waals surface area contributed by atoms with Gasteiger partial charge >= 0.3 is 0 Å². The van der Waals surface area contributed by atoms with Crippen LogP contribution in [0.15, 0.2) is 42.5 Å². The zero-order chi connectivity index (χ0) is 15.4. The Morgan fingerprint density at radius 3 is 2.52 bits per heavy atom. The molecule has 2 aromatic carbocycles. The van der Waals surface area contributed by atoms with Crippen molar-refractivity contribution in [2.75, 3.05) is 6.54 Å². The molecule has 3 heteroatoms. The molecule has 2 aromatic rings. The van der Waals surface area contributed by atoms with Gasteiger partial charge in [0, 0.05) is 12.1 Å². The minimum Gasteiger partial charge on any atom is -0.387 e. The quantitative estimate of drug-likeness (QED) is 0.906. The minimum atomic E-state index is -0.694. The van der Waals surface area contributed by atoms with Crippen LogP contribution < -0.4 is 5.32 Å². The summed E-state index contributed by atoms with van der Waals surface area (Å²) in [6.07, 6.45) is -0.694. The van der Waals surface area contributed by atoms with Crippen molar-refractivity contribution in [1.82, 2.24) is 5.32 Å². The molecule has 1 unspecified atom stereocenters. The monoisotopic (exact) mass is 283 g/mol. The van der Waals surface area contributed by atoms with Crippen molar-refractivity contribution in [2.24, 2.45) is 0 Å². The largest absolute Gasteiger partial charge is 0.387 e. The lowest BCUT2D eigenvalue weighted by Gasteiger charge is -2.15. The number of hydrogen-bond acceptors (Lipinski definition) is 2. The Labute approximate surface area is 125 Å². The van der Waals surface area contributed by atoms with Crippen molar-refractivity contribution in [3.63, 3.8) is 0 Å². The summed E-state index contributed by atoms with van der Waals surface area (Å²) < 4.78 is 0. The maximum Gasteiger partial charge on any atom is 0.251 e. The number of aryl methyl sites for hydroxylation is 3. The Morgan fingerprint density at radius 1 is 1.10 bits per heavy atom. The van der Waals surface area contributed by atoms with Crippen LogP contribution >= 0.6 is 0 Å². The van der Waals surface area contributed by atoms with Crippen LogP contribution in [-0.2, 0) is 0 Å². The molecule has 0 aliphatic heterocycles. The first-order chi connectivity index (χ1) is 9.99. The third kappa shape index (κ3) is 3.70. The van der Waals surface area contributed by atoms with Gasteiger partial charge in [-0.1, -0.05) is 42.0 Å². The van der Waals surface area contributed by atoms with Crippen LogP contribution in [0.4, 0.5) is 0 Å². The number of aliphatic hydroxyl groups excluding tert-OH is 1. The van der Waals surface area contributed by atoms with E-state index in [1.54, 1.807) is 0 Å². The normalized spacial score (nSPS) is 12.0. The molecule has 0 bridgehead atoms. The Balaban J connectivity index is 2.04. The number of nitrogens with one attached hydrogen (secondary N) is 1. The fraction of sp³-hybridized carbons (Fsp3) is 0.278. The predicted octanol–water partition coefficient (Wildman–Crippen LogP) is 3.08. The molecule has 0 radical (unpaired) electrons. The second-order valence-corrected chi connectivity index (χ2v) is 5.40. The van der Waals surface area contributed by atoms with Gasteiger partial charge in [0.15, 0.2) is 0 Å². The number of aliphatic hydroxyl groups is 1. The van der Waals surface area contributed by atoms with E-state index in [1.165, 1.54) is 0 Å². The minimum absolute atomic E-state index is 0.149. The first-order valence-electron chi connectivity index (χ1n) is 7.08. The highest BCUT2D eigenvalue weighted by Crippen LogP contribution is 2.17. The van der Waals surface area contributed by atoms with E-state index in [0.29, 0.717) is 5.56 Å². The lowest BCUT2D eigenvalue weighted by molar-refractivity contribution is 0.0915. The van der Waals surface area contributed by atoms with Crippen LogP contribution in [0.2, 0.25) is 0 Å². The molecule has 0 heterocycles. The third-order valence-corrected chi connectivity index (χ3v) is 3.64. The summed E-state index contributed by atoms with van der Waals surface area (Å²) >= 11 is 0. The average molecular weight is 283 g/mol. The molecule has 1 amide bonds. The first kappa shape index (κ1) is 15.3. The SMILES string of the molecule is Cc1ccc(C)c(C(=O)NCC(O)c2ccccc2C)c1. The predicted molar refractivity (Wildman–Crippen MR) is 84.4 cm³/mol. The zero-order valence-electron chi connectivity index (χ0n) is 12.7. The van der Waals surface area contributed by atoms with Crippen molar-refractivity contribution < 1.29 is 9.90 Å². The van der Waals surface area contributed by atoms with Gasteiger partial charge in [0.05, 0.1) is 6.10 Å². The Bertz CT molecular complexity index is 649. The molecule has 1 atom stereocenters. The van der Waals surface area contributed by atoms with E-state index in [9.17, 15) is 9.90 Å². The smallest absolute Gasteiger partial charge is 0.251 e. The lowest BCUT2D eigenvalue weighted by Crippen LogP contribution is -2.29. The second kappa shape index (κ2) is 6.55. The number of rotatable bonds is 4. The van der Waals surface area contributed by atoms with Crippen LogP contribution in [0.1, 0.15) is 38.7 Å². The van der Waals surface area contributed by atoms with Crippen molar-refractivity contribution in [3.8, 4) is 0 Å². The maximum absolute atomic E-state index is 12.2. The van der Waals surface area contributed by atoms with E-state index >= 15 is 0 Å². The molecule has 0 fully saturated rings. The summed E-state index contributed by atoms with van der Waals surface area (Å²) in [4.78, 5) is 12.2. The van der Waals surface area contributed by atoms with E-state index in [-0.39, 0.29) is 12.5 Å². The molecular formula is C18H21NO2. The van der Waals surface area contributed by atoms with Crippen molar-refractivity contribution in [1.29, 1.82) is 0 Å². The van der Waals surface area contributed by atoms with Crippen molar-refractivity contribution >= 4 is 5.91 Å². The molecule has 2 N–H and O–H groups in total. The topological polar surface area (TPSA) is 49.3 Å². The van der Waals surface area contributed by atoms with Gasteiger partial charge in [-0.15, -0.1) is 0 Å². The molecule has 2 rings (SSSR count). The van der Waals surface area contributed by atoms with Gasteiger partial charge in [-0.2, -0.15) is 0 Å². The molecule has 21 heavy (non-hydrogen) atoms. The van der Waals surface area contributed by atoms with E-state index in [2.05, 4.69) is 5.32 Å². The number of carbonyl (C=O) groups excluding carboxylic acids is 1. The molecule has 3 nitrogen and oxygen atoms in total. The van der Waals surface area contributed by atoms with Gasteiger partial charge in [0.25, 0.3) is 5.91 Å². The fourth-order valence-electron chi connectivity index (χ4n) is 2.34. The lowest BCUT2D eigenvalue weighted by atomic mass is 10.0. The van der Waals surface area contributed by atoms with Gasteiger partial charge < -0.3 is 10.4 Å². The number of amides is 1. The summed E-state index contributed by atoms with van der Waals surface area (Å²) in [7, 11) is 0.